The summed E-state index contributed by atoms with van der Waals surface area (Å²) in [4.78, 5) is 0. The third kappa shape index (κ3) is 2.51. The molecule has 1 aromatic carbocycles. The average molecular weight is 265 g/mol. The van der Waals surface area contributed by atoms with Crippen LogP contribution in [0.1, 0.15) is 25.0 Å². The first-order valence-corrected chi connectivity index (χ1v) is 6.37. The van der Waals surface area contributed by atoms with E-state index in [0.29, 0.717) is 16.8 Å². The van der Waals surface area contributed by atoms with Crippen LogP contribution < -0.4 is 5.73 Å². The third-order valence-electron chi connectivity index (χ3n) is 2.86. The molecule has 0 aliphatic heterocycles. The van der Waals surface area contributed by atoms with Crippen molar-refractivity contribution in [2.75, 3.05) is 5.73 Å². The highest BCUT2D eigenvalue weighted by Crippen LogP contribution is 2.32. The number of halogens is 1. The van der Waals surface area contributed by atoms with Crippen LogP contribution in [0, 0.1) is 12.8 Å². The second-order valence-corrected chi connectivity index (χ2v) is 5.37. The summed E-state index contributed by atoms with van der Waals surface area (Å²) >= 11 is 5.96. The Bertz CT molecular complexity index is 561. The third-order valence-corrected chi connectivity index (χ3v) is 3.10. The molecular formula is C14H17ClN2O. The second kappa shape index (κ2) is 5.02. The summed E-state index contributed by atoms with van der Waals surface area (Å²) in [5.74, 6) is 1.74. The molecule has 0 saturated heterocycles. The molecule has 0 amide bonds. The number of hydrogen-bond acceptors (Lipinski definition) is 3. The standard InChI is InChI=1S/C14H17ClN2O/c1-8(2)6-12-13(18-17-14(12)16)11-5-4-10(15)7-9(11)3/h4-5,7-8H,6H2,1-3H3,(H2,16,17). The van der Waals surface area contributed by atoms with E-state index in [1.54, 1.807) is 0 Å². The van der Waals surface area contributed by atoms with Gasteiger partial charge in [0, 0.05) is 16.1 Å². The van der Waals surface area contributed by atoms with Gasteiger partial charge in [-0.3, -0.25) is 0 Å². The van der Waals surface area contributed by atoms with E-state index in [2.05, 4.69) is 19.0 Å². The van der Waals surface area contributed by atoms with Gasteiger partial charge in [-0.15, -0.1) is 0 Å². The number of aromatic nitrogens is 1. The monoisotopic (exact) mass is 264 g/mol. The molecule has 18 heavy (non-hydrogen) atoms. The van der Waals surface area contributed by atoms with E-state index in [4.69, 9.17) is 21.9 Å². The Kier molecular flexibility index (Phi) is 3.62. The van der Waals surface area contributed by atoms with Gasteiger partial charge in [-0.25, -0.2) is 0 Å². The predicted octanol–water partition coefficient (Wildman–Crippen LogP) is 4.08. The van der Waals surface area contributed by atoms with Crippen molar-refractivity contribution in [2.24, 2.45) is 5.92 Å². The van der Waals surface area contributed by atoms with Crippen molar-refractivity contribution in [3.05, 3.63) is 34.3 Å². The first-order chi connectivity index (χ1) is 8.49. The molecule has 0 aliphatic rings. The summed E-state index contributed by atoms with van der Waals surface area (Å²) in [5, 5.41) is 4.60. The van der Waals surface area contributed by atoms with E-state index in [0.717, 1.165) is 28.9 Å². The minimum Gasteiger partial charge on any atom is -0.381 e. The first-order valence-electron chi connectivity index (χ1n) is 5.99. The molecule has 0 saturated carbocycles. The van der Waals surface area contributed by atoms with Crippen molar-refractivity contribution in [1.29, 1.82) is 0 Å². The molecule has 0 unspecified atom stereocenters. The lowest BCUT2D eigenvalue weighted by molar-refractivity contribution is 0.434. The Labute approximate surface area is 112 Å². The van der Waals surface area contributed by atoms with Gasteiger partial charge in [0.1, 0.15) is 0 Å². The molecule has 4 heteroatoms. The SMILES string of the molecule is Cc1cc(Cl)ccc1-c1onc(N)c1CC(C)C. The highest BCUT2D eigenvalue weighted by atomic mass is 35.5. The second-order valence-electron chi connectivity index (χ2n) is 4.93. The van der Waals surface area contributed by atoms with Crippen LogP contribution in [0.5, 0.6) is 0 Å². The normalized spacial score (nSPS) is 11.2. The summed E-state index contributed by atoms with van der Waals surface area (Å²) in [6.45, 7) is 6.29. The molecule has 2 aromatic rings. The van der Waals surface area contributed by atoms with E-state index < -0.39 is 0 Å². The first kappa shape index (κ1) is 13.0. The minimum atomic E-state index is 0.480. The number of aryl methyl sites for hydroxylation is 1. The van der Waals surface area contributed by atoms with Crippen LogP contribution in [0.15, 0.2) is 22.7 Å². The fraction of sp³-hybridized carbons (Fsp3) is 0.357. The summed E-state index contributed by atoms with van der Waals surface area (Å²) in [5.41, 5.74) is 8.92. The van der Waals surface area contributed by atoms with Crippen molar-refractivity contribution in [2.45, 2.75) is 27.2 Å². The Hall–Kier alpha value is -1.48. The molecule has 96 valence electrons. The van der Waals surface area contributed by atoms with Gasteiger partial charge in [0.15, 0.2) is 11.6 Å². The van der Waals surface area contributed by atoms with Crippen LogP contribution >= 0.6 is 11.6 Å². The smallest absolute Gasteiger partial charge is 0.172 e. The van der Waals surface area contributed by atoms with E-state index in [1.807, 2.05) is 25.1 Å². The maximum atomic E-state index is 5.96. The van der Waals surface area contributed by atoms with Crippen LogP contribution in [-0.2, 0) is 6.42 Å². The largest absolute Gasteiger partial charge is 0.381 e. The van der Waals surface area contributed by atoms with Crippen molar-refractivity contribution in [3.8, 4) is 11.3 Å². The minimum absolute atomic E-state index is 0.480. The Morgan fingerprint density at radius 3 is 2.72 bits per heavy atom. The Morgan fingerprint density at radius 1 is 1.39 bits per heavy atom. The van der Waals surface area contributed by atoms with Gasteiger partial charge in [-0.2, -0.15) is 0 Å². The van der Waals surface area contributed by atoms with Gasteiger partial charge < -0.3 is 10.3 Å². The zero-order valence-electron chi connectivity index (χ0n) is 10.8. The lowest BCUT2D eigenvalue weighted by atomic mass is 9.97. The van der Waals surface area contributed by atoms with Crippen LogP contribution in [0.2, 0.25) is 5.02 Å². The number of nitrogens with two attached hydrogens (primary N) is 1. The van der Waals surface area contributed by atoms with Gasteiger partial charge >= 0.3 is 0 Å². The molecule has 1 heterocycles. The zero-order chi connectivity index (χ0) is 13.3. The number of hydrogen-bond donors (Lipinski definition) is 1. The van der Waals surface area contributed by atoms with Crippen LogP contribution in [-0.4, -0.2) is 5.16 Å². The molecule has 0 spiro atoms. The van der Waals surface area contributed by atoms with E-state index in [1.165, 1.54) is 0 Å². The molecular weight excluding hydrogens is 248 g/mol. The number of nitrogens with zero attached hydrogens (tertiary/aromatic N) is 1. The molecule has 0 radical (unpaired) electrons. The quantitative estimate of drug-likeness (QED) is 0.909. The number of rotatable bonds is 3. The number of anilines is 1. The fourth-order valence-corrected chi connectivity index (χ4v) is 2.25. The lowest BCUT2D eigenvalue weighted by Gasteiger charge is -2.07. The highest BCUT2D eigenvalue weighted by Gasteiger charge is 2.18. The zero-order valence-corrected chi connectivity index (χ0v) is 11.6. The molecule has 1 aromatic heterocycles. The molecule has 3 nitrogen and oxygen atoms in total. The van der Waals surface area contributed by atoms with Crippen molar-refractivity contribution >= 4 is 17.4 Å². The van der Waals surface area contributed by atoms with Gasteiger partial charge in [0.25, 0.3) is 0 Å². The summed E-state index contributed by atoms with van der Waals surface area (Å²) in [7, 11) is 0. The molecule has 2 rings (SSSR count). The van der Waals surface area contributed by atoms with Gasteiger partial charge in [0.2, 0.25) is 0 Å². The van der Waals surface area contributed by atoms with Crippen LogP contribution in [0.25, 0.3) is 11.3 Å². The van der Waals surface area contributed by atoms with E-state index >= 15 is 0 Å². The molecule has 0 atom stereocenters. The fourth-order valence-electron chi connectivity index (χ4n) is 2.02. The highest BCUT2D eigenvalue weighted by molar-refractivity contribution is 6.30. The topological polar surface area (TPSA) is 52.0 Å². The van der Waals surface area contributed by atoms with E-state index in [-0.39, 0.29) is 0 Å². The maximum absolute atomic E-state index is 5.96. The van der Waals surface area contributed by atoms with E-state index in [9.17, 15) is 0 Å². The van der Waals surface area contributed by atoms with Gasteiger partial charge in [-0.1, -0.05) is 30.6 Å². The molecule has 2 N–H and O–H groups in total. The van der Waals surface area contributed by atoms with Crippen LogP contribution in [0.4, 0.5) is 5.82 Å². The summed E-state index contributed by atoms with van der Waals surface area (Å²) in [6.07, 6.45) is 0.854. The average Bonchev–Trinajstić information content (AvgIpc) is 2.60. The molecule has 0 bridgehead atoms. The van der Waals surface area contributed by atoms with Crippen molar-refractivity contribution < 1.29 is 4.52 Å². The summed E-state index contributed by atoms with van der Waals surface area (Å²) < 4.78 is 5.38. The maximum Gasteiger partial charge on any atom is 0.172 e. The molecule has 0 fully saturated rings. The van der Waals surface area contributed by atoms with Crippen molar-refractivity contribution in [1.82, 2.24) is 5.16 Å². The lowest BCUT2D eigenvalue weighted by Crippen LogP contribution is -1.99. The number of benzene rings is 1. The summed E-state index contributed by atoms with van der Waals surface area (Å²) in [6, 6.07) is 5.71. The Morgan fingerprint density at radius 2 is 2.11 bits per heavy atom. The molecule has 0 aliphatic carbocycles. The van der Waals surface area contributed by atoms with Gasteiger partial charge in [-0.05, 0) is 43.0 Å². The van der Waals surface area contributed by atoms with Crippen molar-refractivity contribution in [3.63, 3.8) is 0 Å². The number of nitrogen functional groups attached to an aromatic ring is 1. The van der Waals surface area contributed by atoms with Gasteiger partial charge in [0.05, 0.1) is 0 Å². The Balaban J connectivity index is 2.50. The predicted molar refractivity (Wildman–Crippen MR) is 74.6 cm³/mol. The van der Waals surface area contributed by atoms with Crippen LogP contribution in [0.3, 0.4) is 0 Å².